The fraction of sp³-hybridized carbons (Fsp3) is 0.438. The number of ether oxygens (including phenoxy) is 1. The van der Waals surface area contributed by atoms with E-state index < -0.39 is 17.8 Å². The molecule has 1 aromatic rings. The van der Waals surface area contributed by atoms with E-state index in [0.29, 0.717) is 22.6 Å². The number of rotatable bonds is 5. The molecular formula is C16H18NO5S-. The predicted octanol–water partition coefficient (Wildman–Crippen LogP) is 1.29. The second kappa shape index (κ2) is 7.41. The lowest BCUT2D eigenvalue weighted by atomic mass is 9.88. The van der Waals surface area contributed by atoms with Crippen LogP contribution in [0.1, 0.15) is 41.1 Å². The maximum Gasteiger partial charge on any atom is 0.341 e. The van der Waals surface area contributed by atoms with Crippen LogP contribution >= 0.6 is 11.3 Å². The number of hydrogen-bond acceptors (Lipinski definition) is 6. The van der Waals surface area contributed by atoms with Gasteiger partial charge in [0.1, 0.15) is 5.00 Å². The molecule has 0 aromatic carbocycles. The average Bonchev–Trinajstić information content (AvgIpc) is 2.82. The summed E-state index contributed by atoms with van der Waals surface area (Å²) < 4.78 is 5.09. The van der Waals surface area contributed by atoms with Gasteiger partial charge in [0.25, 0.3) is 0 Å². The van der Waals surface area contributed by atoms with Gasteiger partial charge < -0.3 is 20.0 Å². The van der Waals surface area contributed by atoms with Crippen molar-refractivity contribution in [2.75, 3.05) is 11.9 Å². The summed E-state index contributed by atoms with van der Waals surface area (Å²) in [6, 6.07) is 0. The molecule has 124 valence electrons. The van der Waals surface area contributed by atoms with Gasteiger partial charge >= 0.3 is 5.97 Å². The minimum absolute atomic E-state index is 0.248. The summed E-state index contributed by atoms with van der Waals surface area (Å²) in [7, 11) is 0. The lowest BCUT2D eigenvalue weighted by molar-refractivity contribution is -0.297. The summed E-state index contributed by atoms with van der Waals surface area (Å²) in [5, 5.41) is 13.4. The summed E-state index contributed by atoms with van der Waals surface area (Å²) in [4.78, 5) is 35.5. The van der Waals surface area contributed by atoms with Crippen LogP contribution in [0.4, 0.5) is 5.00 Å². The van der Waals surface area contributed by atoms with Crippen molar-refractivity contribution >= 4 is 34.2 Å². The number of nitrogens with one attached hydrogen (secondary N) is 1. The van der Waals surface area contributed by atoms with Crippen LogP contribution in [0.2, 0.25) is 0 Å². The van der Waals surface area contributed by atoms with Gasteiger partial charge in [0, 0.05) is 11.0 Å². The number of hydrogen-bond donors (Lipinski definition) is 1. The monoisotopic (exact) mass is 336 g/mol. The van der Waals surface area contributed by atoms with E-state index in [4.69, 9.17) is 4.74 Å². The van der Waals surface area contributed by atoms with E-state index in [9.17, 15) is 19.5 Å². The number of carbonyl (C=O) groups is 3. The van der Waals surface area contributed by atoms with Gasteiger partial charge in [-0.15, -0.1) is 11.3 Å². The van der Waals surface area contributed by atoms with Crippen LogP contribution in [0, 0.1) is 5.92 Å². The number of carboxylic acids is 1. The Morgan fingerprint density at radius 2 is 2.13 bits per heavy atom. The molecule has 1 amide bonds. The summed E-state index contributed by atoms with van der Waals surface area (Å²) in [5.74, 6) is -2.01. The number of fused-ring (bicyclic) bond motifs is 1. The Kier molecular flexibility index (Phi) is 5.54. The lowest BCUT2D eigenvalue weighted by Gasteiger charge is -2.18. The van der Waals surface area contributed by atoms with Gasteiger partial charge in [-0.1, -0.05) is 6.92 Å². The van der Waals surface area contributed by atoms with E-state index in [1.165, 1.54) is 11.3 Å². The van der Waals surface area contributed by atoms with Gasteiger partial charge in [0.15, 0.2) is 0 Å². The molecule has 2 rings (SSSR count). The maximum atomic E-state index is 12.2. The molecule has 7 heteroatoms. The van der Waals surface area contributed by atoms with Gasteiger partial charge in [-0.25, -0.2) is 4.79 Å². The van der Waals surface area contributed by atoms with E-state index in [-0.39, 0.29) is 6.61 Å². The summed E-state index contributed by atoms with van der Waals surface area (Å²) >= 11 is 1.35. The highest BCUT2D eigenvalue weighted by Crippen LogP contribution is 2.40. The number of anilines is 1. The average molecular weight is 336 g/mol. The van der Waals surface area contributed by atoms with E-state index >= 15 is 0 Å². The van der Waals surface area contributed by atoms with Crippen molar-refractivity contribution < 1.29 is 24.2 Å². The number of aliphatic carboxylic acids is 1. The van der Waals surface area contributed by atoms with Crippen molar-refractivity contribution in [3.63, 3.8) is 0 Å². The van der Waals surface area contributed by atoms with E-state index in [1.807, 2.05) is 0 Å². The SMILES string of the molecule is CCOC(=O)c1c(NC(=O)/C=C/C(=O)[O-])sc2c1CC[C@H](C)C2. The van der Waals surface area contributed by atoms with Gasteiger partial charge in [-0.05, 0) is 43.7 Å². The van der Waals surface area contributed by atoms with Gasteiger partial charge in [0.05, 0.1) is 18.1 Å². The molecule has 0 aliphatic heterocycles. The Morgan fingerprint density at radius 3 is 2.78 bits per heavy atom. The Bertz CT molecular complexity index is 662. The highest BCUT2D eigenvalue weighted by Gasteiger charge is 2.28. The molecule has 1 atom stereocenters. The third-order valence-corrected chi connectivity index (χ3v) is 4.77. The number of thiophene rings is 1. The maximum absolute atomic E-state index is 12.2. The summed E-state index contributed by atoms with van der Waals surface area (Å²) in [6.45, 7) is 4.12. The van der Waals surface area contributed by atoms with Gasteiger partial charge in [-0.2, -0.15) is 0 Å². The summed E-state index contributed by atoms with van der Waals surface area (Å²) in [6.07, 6.45) is 4.12. The van der Waals surface area contributed by atoms with Crippen molar-refractivity contribution in [2.45, 2.75) is 33.1 Å². The third kappa shape index (κ3) is 4.19. The molecule has 0 spiro atoms. The number of amides is 1. The molecule has 1 aromatic heterocycles. The zero-order valence-corrected chi connectivity index (χ0v) is 13.8. The highest BCUT2D eigenvalue weighted by molar-refractivity contribution is 7.17. The van der Waals surface area contributed by atoms with Crippen molar-refractivity contribution in [3.05, 3.63) is 28.2 Å². The standard InChI is InChI=1S/C16H19NO5S/c1-3-22-16(21)14-10-5-4-9(2)8-11(10)23-15(14)17-12(18)6-7-13(19)20/h6-7,9H,3-5,8H2,1-2H3,(H,17,18)(H,19,20)/p-1/b7-6+/t9-/m0/s1. The zero-order valence-electron chi connectivity index (χ0n) is 13.0. The highest BCUT2D eigenvalue weighted by atomic mass is 32.1. The Labute approximate surface area is 138 Å². The molecular weight excluding hydrogens is 318 g/mol. The number of carboxylic acid groups (broad SMARTS) is 1. The molecule has 0 unspecified atom stereocenters. The molecule has 0 fully saturated rings. The van der Waals surface area contributed by atoms with Crippen LogP contribution in [0.15, 0.2) is 12.2 Å². The second-order valence-corrected chi connectivity index (χ2v) is 6.52. The predicted molar refractivity (Wildman–Crippen MR) is 84.2 cm³/mol. The van der Waals surface area contributed by atoms with Crippen molar-refractivity contribution in [1.82, 2.24) is 0 Å². The molecule has 0 bridgehead atoms. The third-order valence-electron chi connectivity index (χ3n) is 3.60. The zero-order chi connectivity index (χ0) is 17.0. The van der Waals surface area contributed by atoms with Crippen molar-refractivity contribution in [1.29, 1.82) is 0 Å². The van der Waals surface area contributed by atoms with Crippen LogP contribution in [0.5, 0.6) is 0 Å². The Balaban J connectivity index is 2.32. The number of carbonyl (C=O) groups excluding carboxylic acids is 3. The van der Waals surface area contributed by atoms with Crippen LogP contribution in [-0.2, 0) is 27.2 Å². The molecule has 6 nitrogen and oxygen atoms in total. The van der Waals surface area contributed by atoms with E-state index in [2.05, 4.69) is 12.2 Å². The smallest absolute Gasteiger partial charge is 0.341 e. The van der Waals surface area contributed by atoms with Crippen LogP contribution in [0.25, 0.3) is 0 Å². The molecule has 0 radical (unpaired) electrons. The first-order chi connectivity index (χ1) is 10.9. The lowest BCUT2D eigenvalue weighted by Crippen LogP contribution is -2.20. The molecule has 1 heterocycles. The fourth-order valence-corrected chi connectivity index (χ4v) is 3.96. The minimum atomic E-state index is -1.45. The van der Waals surface area contributed by atoms with Gasteiger partial charge in [-0.3, -0.25) is 4.79 Å². The quantitative estimate of drug-likeness (QED) is 0.646. The first-order valence-corrected chi connectivity index (χ1v) is 8.25. The first-order valence-electron chi connectivity index (χ1n) is 7.44. The van der Waals surface area contributed by atoms with Crippen molar-refractivity contribution in [2.24, 2.45) is 5.92 Å². The van der Waals surface area contributed by atoms with E-state index in [0.717, 1.165) is 35.8 Å². The van der Waals surface area contributed by atoms with Crippen LogP contribution in [0.3, 0.4) is 0 Å². The molecule has 0 saturated heterocycles. The Hall–Kier alpha value is -2.15. The molecule has 1 aliphatic rings. The molecule has 0 saturated carbocycles. The van der Waals surface area contributed by atoms with E-state index in [1.54, 1.807) is 6.92 Å². The normalized spacial score (nSPS) is 16.9. The molecule has 23 heavy (non-hydrogen) atoms. The molecule has 1 N–H and O–H groups in total. The first kappa shape index (κ1) is 17.2. The summed E-state index contributed by atoms with van der Waals surface area (Å²) in [5.41, 5.74) is 1.33. The fourth-order valence-electron chi connectivity index (χ4n) is 2.56. The minimum Gasteiger partial charge on any atom is -0.545 e. The van der Waals surface area contributed by atoms with Gasteiger partial charge in [0.2, 0.25) is 5.91 Å². The second-order valence-electron chi connectivity index (χ2n) is 5.42. The Morgan fingerprint density at radius 1 is 1.39 bits per heavy atom. The van der Waals surface area contributed by atoms with Crippen molar-refractivity contribution in [3.8, 4) is 0 Å². The van der Waals surface area contributed by atoms with Crippen LogP contribution in [-0.4, -0.2) is 24.5 Å². The molecule has 1 aliphatic carbocycles. The topological polar surface area (TPSA) is 95.5 Å². The van der Waals surface area contributed by atoms with Crippen LogP contribution < -0.4 is 10.4 Å². The largest absolute Gasteiger partial charge is 0.545 e. The number of esters is 1.